The zero-order valence-electron chi connectivity index (χ0n) is 22.5. The Kier molecular flexibility index (Phi) is 10.2. The fraction of sp³-hybridized carbons (Fsp3) is 0.600. The maximum absolute atomic E-state index is 10.4. The van der Waals surface area contributed by atoms with E-state index in [1.165, 1.54) is 11.1 Å². The predicted molar refractivity (Wildman–Crippen MR) is 144 cm³/mol. The second-order valence-electron chi connectivity index (χ2n) is 11.8. The molecule has 1 fully saturated rings. The summed E-state index contributed by atoms with van der Waals surface area (Å²) < 4.78 is 11.5. The van der Waals surface area contributed by atoms with Gasteiger partial charge in [-0.25, -0.2) is 0 Å². The maximum atomic E-state index is 10.4. The van der Waals surface area contributed by atoms with E-state index in [-0.39, 0.29) is 10.8 Å². The molecular weight excluding hydrogens is 436 g/mol. The Hall–Kier alpha value is -1.92. The summed E-state index contributed by atoms with van der Waals surface area (Å²) in [6.07, 6.45) is 0.653. The van der Waals surface area contributed by atoms with Crippen LogP contribution in [0.15, 0.2) is 54.6 Å². The normalized spacial score (nSPS) is 16.9. The van der Waals surface area contributed by atoms with Gasteiger partial charge in [0.2, 0.25) is 0 Å². The second-order valence-corrected chi connectivity index (χ2v) is 11.8. The first-order valence-corrected chi connectivity index (χ1v) is 13.1. The summed E-state index contributed by atoms with van der Waals surface area (Å²) in [5.41, 5.74) is 3.11. The molecule has 0 unspecified atom stereocenters. The van der Waals surface area contributed by atoms with E-state index in [9.17, 15) is 5.11 Å². The van der Waals surface area contributed by atoms with Crippen LogP contribution >= 0.6 is 0 Å². The van der Waals surface area contributed by atoms with Gasteiger partial charge in [-0.05, 0) is 40.5 Å². The highest BCUT2D eigenvalue weighted by molar-refractivity contribution is 5.31. The fourth-order valence-corrected chi connectivity index (χ4v) is 5.19. The number of aliphatic hydroxyl groups is 1. The molecule has 1 heterocycles. The van der Waals surface area contributed by atoms with Gasteiger partial charge in [-0.15, -0.1) is 0 Å². The monoisotopic (exact) mass is 482 g/mol. The lowest BCUT2D eigenvalue weighted by Crippen LogP contribution is -2.48. The Morgan fingerprint density at radius 1 is 0.829 bits per heavy atom. The van der Waals surface area contributed by atoms with Crippen LogP contribution in [-0.2, 0) is 16.7 Å². The fourth-order valence-electron chi connectivity index (χ4n) is 5.19. The van der Waals surface area contributed by atoms with Crippen molar-refractivity contribution in [2.24, 2.45) is 5.41 Å². The van der Waals surface area contributed by atoms with Crippen molar-refractivity contribution in [2.75, 3.05) is 52.5 Å². The molecule has 3 rings (SSSR count). The molecule has 5 heteroatoms. The molecule has 1 aliphatic heterocycles. The summed E-state index contributed by atoms with van der Waals surface area (Å²) >= 11 is 0. The van der Waals surface area contributed by atoms with Crippen LogP contribution < -0.4 is 4.74 Å². The van der Waals surface area contributed by atoms with Crippen molar-refractivity contribution in [1.29, 1.82) is 0 Å². The Labute approximate surface area is 213 Å². The topological polar surface area (TPSA) is 45.2 Å². The predicted octanol–water partition coefficient (Wildman–Crippen LogP) is 4.97. The molecule has 1 saturated heterocycles. The van der Waals surface area contributed by atoms with Crippen LogP contribution in [0, 0.1) is 5.41 Å². The van der Waals surface area contributed by atoms with Crippen molar-refractivity contribution >= 4 is 0 Å². The number of rotatable bonds is 12. The largest absolute Gasteiger partial charge is 0.491 e. The van der Waals surface area contributed by atoms with Crippen LogP contribution in [0.1, 0.15) is 52.2 Å². The van der Waals surface area contributed by atoms with Gasteiger partial charge in [0.25, 0.3) is 0 Å². The molecule has 35 heavy (non-hydrogen) atoms. The number of ether oxygens (including phenoxy) is 2. The van der Waals surface area contributed by atoms with Crippen molar-refractivity contribution in [1.82, 2.24) is 9.80 Å². The van der Waals surface area contributed by atoms with E-state index in [1.807, 2.05) is 12.1 Å². The SMILES string of the molecule is CC(C)(C)CC(C)(C)c1ccc(OCCOC[C@H](O)CN2CCN(Cc3ccccc3)CC2)cc1. The van der Waals surface area contributed by atoms with Crippen LogP contribution in [-0.4, -0.2) is 73.6 Å². The molecule has 5 nitrogen and oxygen atoms in total. The van der Waals surface area contributed by atoms with Gasteiger partial charge in [-0.1, -0.05) is 77.1 Å². The maximum Gasteiger partial charge on any atom is 0.119 e. The Bertz CT molecular complexity index is 853. The zero-order valence-corrected chi connectivity index (χ0v) is 22.5. The van der Waals surface area contributed by atoms with Crippen LogP contribution in [0.2, 0.25) is 0 Å². The number of β-amino-alcohol motifs (C(OH)–C–C–N with tert-alkyl or cyclic N) is 1. The van der Waals surface area contributed by atoms with E-state index in [4.69, 9.17) is 9.47 Å². The highest BCUT2D eigenvalue weighted by atomic mass is 16.5. The summed E-state index contributed by atoms with van der Waals surface area (Å²) in [5.74, 6) is 0.859. The van der Waals surface area contributed by atoms with Gasteiger partial charge in [0, 0.05) is 39.3 Å². The van der Waals surface area contributed by atoms with Gasteiger partial charge >= 0.3 is 0 Å². The summed E-state index contributed by atoms with van der Waals surface area (Å²) in [6, 6.07) is 19.1. The summed E-state index contributed by atoms with van der Waals surface area (Å²) in [7, 11) is 0. The van der Waals surface area contributed by atoms with E-state index >= 15 is 0 Å². The summed E-state index contributed by atoms with van der Waals surface area (Å²) in [6.45, 7) is 18.4. The lowest BCUT2D eigenvalue weighted by atomic mass is 9.72. The van der Waals surface area contributed by atoms with Crippen LogP contribution in [0.5, 0.6) is 5.75 Å². The quantitative estimate of drug-likeness (QED) is 0.433. The standard InChI is InChI=1S/C30H46N2O3/c1-29(2,3)24-30(4,5)26-11-13-28(14-12-26)35-20-19-34-23-27(33)22-32-17-15-31(16-18-32)21-25-9-7-6-8-10-25/h6-14,27,33H,15-24H2,1-5H3/t27-/m1/s1. The third kappa shape index (κ3) is 9.92. The molecule has 0 aromatic heterocycles. The molecule has 2 aromatic carbocycles. The van der Waals surface area contributed by atoms with Crippen LogP contribution in [0.25, 0.3) is 0 Å². The molecule has 1 atom stereocenters. The highest BCUT2D eigenvalue weighted by Crippen LogP contribution is 2.36. The zero-order chi connectivity index (χ0) is 25.3. The first-order chi connectivity index (χ1) is 16.6. The second kappa shape index (κ2) is 12.9. The molecule has 194 valence electrons. The average Bonchev–Trinajstić information content (AvgIpc) is 2.80. The number of hydrogen-bond donors (Lipinski definition) is 1. The molecule has 0 bridgehead atoms. The smallest absolute Gasteiger partial charge is 0.119 e. The van der Waals surface area contributed by atoms with E-state index in [0.29, 0.717) is 26.4 Å². The third-order valence-electron chi connectivity index (χ3n) is 6.60. The minimum absolute atomic E-state index is 0.130. The lowest BCUT2D eigenvalue weighted by molar-refractivity contribution is -0.000437. The van der Waals surface area contributed by atoms with Crippen molar-refractivity contribution < 1.29 is 14.6 Å². The van der Waals surface area contributed by atoms with Gasteiger partial charge in [-0.2, -0.15) is 0 Å². The van der Waals surface area contributed by atoms with Crippen molar-refractivity contribution in [2.45, 2.75) is 59.1 Å². The molecule has 0 aliphatic carbocycles. The van der Waals surface area contributed by atoms with Gasteiger partial charge in [0.05, 0.1) is 19.3 Å². The number of piperazine rings is 1. The number of benzene rings is 2. The number of nitrogens with zero attached hydrogens (tertiary/aromatic N) is 2. The van der Waals surface area contributed by atoms with E-state index < -0.39 is 6.10 Å². The van der Waals surface area contributed by atoms with E-state index in [1.54, 1.807) is 0 Å². The molecule has 2 aromatic rings. The van der Waals surface area contributed by atoms with Crippen LogP contribution in [0.3, 0.4) is 0 Å². The average molecular weight is 483 g/mol. The number of hydrogen-bond acceptors (Lipinski definition) is 5. The van der Waals surface area contributed by atoms with Crippen LogP contribution in [0.4, 0.5) is 0 Å². The van der Waals surface area contributed by atoms with Gasteiger partial charge in [-0.3, -0.25) is 9.80 Å². The first-order valence-electron chi connectivity index (χ1n) is 13.1. The van der Waals surface area contributed by atoms with Gasteiger partial charge < -0.3 is 14.6 Å². The van der Waals surface area contributed by atoms with E-state index in [2.05, 4.69) is 86.9 Å². The highest BCUT2D eigenvalue weighted by Gasteiger charge is 2.27. The Morgan fingerprint density at radius 2 is 1.46 bits per heavy atom. The molecule has 0 spiro atoms. The number of aliphatic hydroxyl groups excluding tert-OH is 1. The Morgan fingerprint density at radius 3 is 2.09 bits per heavy atom. The molecular formula is C30H46N2O3. The third-order valence-corrected chi connectivity index (χ3v) is 6.60. The van der Waals surface area contributed by atoms with E-state index in [0.717, 1.165) is 44.9 Å². The molecule has 0 radical (unpaired) electrons. The molecule has 0 amide bonds. The van der Waals surface area contributed by atoms with Crippen molar-refractivity contribution in [3.63, 3.8) is 0 Å². The molecule has 1 aliphatic rings. The van der Waals surface area contributed by atoms with Gasteiger partial charge in [0.15, 0.2) is 0 Å². The van der Waals surface area contributed by atoms with Crippen molar-refractivity contribution in [3.05, 3.63) is 65.7 Å². The minimum Gasteiger partial charge on any atom is -0.491 e. The van der Waals surface area contributed by atoms with Gasteiger partial charge in [0.1, 0.15) is 12.4 Å². The van der Waals surface area contributed by atoms with Crippen molar-refractivity contribution in [3.8, 4) is 5.75 Å². The molecule has 0 saturated carbocycles. The molecule has 1 N–H and O–H groups in total. The lowest BCUT2D eigenvalue weighted by Gasteiger charge is -2.35. The Balaban J connectivity index is 1.27. The summed E-state index contributed by atoms with van der Waals surface area (Å²) in [5, 5.41) is 10.4. The summed E-state index contributed by atoms with van der Waals surface area (Å²) in [4.78, 5) is 4.80. The first kappa shape index (κ1) is 27.7. The minimum atomic E-state index is -0.472.